The summed E-state index contributed by atoms with van der Waals surface area (Å²) in [7, 11) is 0.937. The molecule has 0 amide bonds. The zero-order valence-corrected chi connectivity index (χ0v) is 5.92. The average Bonchev–Trinajstić information content (AvgIpc) is 1.35. The molecule has 0 aromatic carbocycles. The summed E-state index contributed by atoms with van der Waals surface area (Å²) in [6.07, 6.45) is 0. The summed E-state index contributed by atoms with van der Waals surface area (Å²) in [6.45, 7) is 4.36. The maximum atomic E-state index is 5.41. The lowest BCUT2D eigenvalue weighted by Crippen LogP contribution is -1.79. The molecule has 0 aromatic rings. The highest BCUT2D eigenvalue weighted by molar-refractivity contribution is 7.40. The van der Waals surface area contributed by atoms with Crippen molar-refractivity contribution in [3.63, 3.8) is 0 Å². The molecule has 0 fully saturated rings. The number of rotatable bonds is 2. The zero-order valence-electron chi connectivity index (χ0n) is 4.16. The third-order valence-corrected chi connectivity index (χ3v) is 1.92. The third-order valence-electron chi connectivity index (χ3n) is 0.485. The Hall–Kier alpha value is 0.720. The first-order valence-corrected chi connectivity index (χ1v) is 3.88. The highest BCUT2D eigenvalue weighted by Gasteiger charge is 1.86. The SMILES string of the molecule is CC(C)PCCl. The monoisotopic (exact) mass is 124 g/mol. The summed E-state index contributed by atoms with van der Waals surface area (Å²) in [4.78, 5) is 0. The van der Waals surface area contributed by atoms with Crippen molar-refractivity contribution in [1.82, 2.24) is 0 Å². The van der Waals surface area contributed by atoms with Crippen LogP contribution in [0.15, 0.2) is 0 Å². The Labute approximate surface area is 46.1 Å². The Morgan fingerprint density at radius 2 is 2.17 bits per heavy atom. The van der Waals surface area contributed by atoms with Gasteiger partial charge < -0.3 is 0 Å². The van der Waals surface area contributed by atoms with Crippen LogP contribution in [0.3, 0.4) is 0 Å². The molecular formula is C4H10ClP. The highest BCUT2D eigenvalue weighted by atomic mass is 35.5. The fourth-order valence-electron chi connectivity index (χ4n) is 0.154. The second kappa shape index (κ2) is 3.89. The summed E-state index contributed by atoms with van der Waals surface area (Å²) < 4.78 is 0. The molecule has 2 heteroatoms. The lowest BCUT2D eigenvalue weighted by Gasteiger charge is -1.95. The smallest absolute Gasteiger partial charge is 0.0397 e. The van der Waals surface area contributed by atoms with E-state index in [1.807, 2.05) is 0 Å². The average molecular weight is 125 g/mol. The van der Waals surface area contributed by atoms with Gasteiger partial charge in [-0.15, -0.1) is 20.2 Å². The number of hydrogen-bond donors (Lipinski definition) is 0. The van der Waals surface area contributed by atoms with Crippen molar-refractivity contribution in [1.29, 1.82) is 0 Å². The molecule has 38 valence electrons. The summed E-state index contributed by atoms with van der Waals surface area (Å²) in [5.41, 5.74) is 1.62. The standard InChI is InChI=1S/C4H10ClP/c1-4(2)6-3-5/h4,6H,3H2,1-2H3. The van der Waals surface area contributed by atoms with Crippen LogP contribution in [0.1, 0.15) is 13.8 Å². The second-order valence-corrected chi connectivity index (χ2v) is 4.12. The van der Waals surface area contributed by atoms with E-state index in [0.717, 1.165) is 19.9 Å². The van der Waals surface area contributed by atoms with Crippen molar-refractivity contribution in [2.45, 2.75) is 19.5 Å². The van der Waals surface area contributed by atoms with E-state index in [0.29, 0.717) is 0 Å². The van der Waals surface area contributed by atoms with E-state index in [1.54, 1.807) is 0 Å². The fourth-order valence-corrected chi connectivity index (χ4v) is 1.39. The number of halogens is 1. The van der Waals surface area contributed by atoms with Crippen molar-refractivity contribution in [2.24, 2.45) is 0 Å². The van der Waals surface area contributed by atoms with Crippen molar-refractivity contribution >= 4 is 20.2 Å². The molecule has 0 nitrogen and oxygen atoms in total. The van der Waals surface area contributed by atoms with Crippen LogP contribution >= 0.6 is 20.2 Å². The van der Waals surface area contributed by atoms with E-state index in [1.165, 1.54) is 0 Å². The molecule has 6 heavy (non-hydrogen) atoms. The topological polar surface area (TPSA) is 0 Å². The molecule has 0 aliphatic carbocycles. The van der Waals surface area contributed by atoms with Crippen LogP contribution in [0, 0.1) is 0 Å². The van der Waals surface area contributed by atoms with Gasteiger partial charge in [0.15, 0.2) is 0 Å². The predicted molar refractivity (Wildman–Crippen MR) is 34.2 cm³/mol. The van der Waals surface area contributed by atoms with Gasteiger partial charge in [-0.3, -0.25) is 0 Å². The molecule has 0 radical (unpaired) electrons. The lowest BCUT2D eigenvalue weighted by molar-refractivity contribution is 1.11. The quantitative estimate of drug-likeness (QED) is 0.391. The maximum Gasteiger partial charge on any atom is 0.0397 e. The van der Waals surface area contributed by atoms with Gasteiger partial charge in [0.2, 0.25) is 0 Å². The Morgan fingerprint density at radius 1 is 1.67 bits per heavy atom. The largest absolute Gasteiger partial charge is 0.122 e. The van der Waals surface area contributed by atoms with E-state index in [9.17, 15) is 0 Å². The van der Waals surface area contributed by atoms with Crippen LogP contribution < -0.4 is 0 Å². The molecule has 0 rings (SSSR count). The summed E-state index contributed by atoms with van der Waals surface area (Å²) in [5.74, 6) is 0. The minimum Gasteiger partial charge on any atom is -0.122 e. The lowest BCUT2D eigenvalue weighted by atomic mass is 10.6. The van der Waals surface area contributed by atoms with Gasteiger partial charge in [-0.1, -0.05) is 13.8 Å². The van der Waals surface area contributed by atoms with Crippen molar-refractivity contribution in [3.05, 3.63) is 0 Å². The van der Waals surface area contributed by atoms with Crippen molar-refractivity contribution in [2.75, 3.05) is 5.62 Å². The van der Waals surface area contributed by atoms with Crippen LogP contribution in [0.5, 0.6) is 0 Å². The fraction of sp³-hybridized carbons (Fsp3) is 1.00. The van der Waals surface area contributed by atoms with Gasteiger partial charge in [0.25, 0.3) is 0 Å². The van der Waals surface area contributed by atoms with Gasteiger partial charge in [0.05, 0.1) is 0 Å². The van der Waals surface area contributed by atoms with Crippen LogP contribution in [-0.4, -0.2) is 11.3 Å². The Morgan fingerprint density at radius 3 is 2.17 bits per heavy atom. The third kappa shape index (κ3) is 4.72. The second-order valence-electron chi connectivity index (χ2n) is 1.49. The molecule has 0 spiro atoms. The Balaban J connectivity index is 2.63. The van der Waals surface area contributed by atoms with Crippen LogP contribution in [-0.2, 0) is 0 Å². The van der Waals surface area contributed by atoms with Crippen LogP contribution in [0.2, 0.25) is 0 Å². The number of alkyl halides is 1. The zero-order chi connectivity index (χ0) is 4.99. The van der Waals surface area contributed by atoms with Gasteiger partial charge in [0, 0.05) is 5.62 Å². The Kier molecular flexibility index (Phi) is 4.36. The van der Waals surface area contributed by atoms with E-state index in [2.05, 4.69) is 13.8 Å². The molecule has 0 aromatic heterocycles. The first-order valence-electron chi connectivity index (χ1n) is 2.06. The summed E-state index contributed by atoms with van der Waals surface area (Å²) in [5, 5.41) is 0. The van der Waals surface area contributed by atoms with E-state index in [-0.39, 0.29) is 0 Å². The minimum absolute atomic E-state index is 0.794. The van der Waals surface area contributed by atoms with Gasteiger partial charge >= 0.3 is 0 Å². The van der Waals surface area contributed by atoms with Crippen LogP contribution in [0.25, 0.3) is 0 Å². The molecule has 0 saturated heterocycles. The first-order chi connectivity index (χ1) is 2.77. The molecule has 1 atom stereocenters. The highest BCUT2D eigenvalue weighted by Crippen LogP contribution is 2.17. The van der Waals surface area contributed by atoms with Gasteiger partial charge in [-0.25, -0.2) is 0 Å². The molecule has 1 unspecified atom stereocenters. The molecule has 0 saturated carbocycles. The van der Waals surface area contributed by atoms with Crippen LogP contribution in [0.4, 0.5) is 0 Å². The van der Waals surface area contributed by atoms with E-state index in [4.69, 9.17) is 11.6 Å². The normalized spacial score (nSPS) is 12.0. The predicted octanol–water partition coefficient (Wildman–Crippen LogP) is 2.27. The molecule has 0 bridgehead atoms. The molecule has 0 aliphatic rings. The van der Waals surface area contributed by atoms with Crippen molar-refractivity contribution < 1.29 is 0 Å². The van der Waals surface area contributed by atoms with Gasteiger partial charge in [-0.05, 0) is 5.66 Å². The van der Waals surface area contributed by atoms with E-state index >= 15 is 0 Å². The first kappa shape index (κ1) is 6.72. The van der Waals surface area contributed by atoms with E-state index < -0.39 is 0 Å². The minimum atomic E-state index is 0.794. The maximum absolute atomic E-state index is 5.41. The van der Waals surface area contributed by atoms with Crippen molar-refractivity contribution in [3.8, 4) is 0 Å². The number of hydrogen-bond acceptors (Lipinski definition) is 0. The Bertz CT molecular complexity index is 28.7. The molecule has 0 aliphatic heterocycles. The summed E-state index contributed by atoms with van der Waals surface area (Å²) >= 11 is 5.41. The molecule has 0 N–H and O–H groups in total. The van der Waals surface area contributed by atoms with Gasteiger partial charge in [0.1, 0.15) is 0 Å². The summed E-state index contributed by atoms with van der Waals surface area (Å²) in [6, 6.07) is 0. The van der Waals surface area contributed by atoms with Gasteiger partial charge in [-0.2, -0.15) is 0 Å². The molecular weight excluding hydrogens is 114 g/mol. The molecule has 0 heterocycles.